The van der Waals surface area contributed by atoms with Crippen molar-refractivity contribution >= 4 is 32.4 Å². The number of fused-ring (bicyclic) bond motifs is 1. The first-order valence-corrected chi connectivity index (χ1v) is 9.91. The minimum Gasteiger partial charge on any atom is -0.372 e. The number of ether oxygens (including phenoxy) is 1. The van der Waals surface area contributed by atoms with Gasteiger partial charge in [0.1, 0.15) is 6.61 Å². The van der Waals surface area contributed by atoms with Crippen LogP contribution in [0.4, 0.5) is 5.13 Å². The zero-order valence-electron chi connectivity index (χ0n) is 12.8. The number of carbonyl (C=O) groups excluding carboxylic acids is 1. The third-order valence-electron chi connectivity index (χ3n) is 3.22. The maximum Gasteiger partial charge on any atom is 0.248 e. The van der Waals surface area contributed by atoms with Crippen molar-refractivity contribution in [1.29, 1.82) is 0 Å². The molecule has 0 unspecified atom stereocenters. The Labute approximate surface area is 134 Å². The minimum absolute atomic E-state index is 0.0345. The fraction of sp³-hybridized carbons (Fsp3) is 0.692. The third-order valence-corrected chi connectivity index (χ3v) is 4.92. The number of sulfonamides is 1. The number of thiazole rings is 1. The van der Waals surface area contributed by atoms with Crippen LogP contribution in [0.5, 0.6) is 0 Å². The van der Waals surface area contributed by atoms with Gasteiger partial charge in [-0.05, 0) is 6.42 Å². The first kappa shape index (κ1) is 17.2. The molecule has 0 spiro atoms. The lowest BCUT2D eigenvalue weighted by Crippen LogP contribution is -2.37. The molecular weight excluding hydrogens is 326 g/mol. The van der Waals surface area contributed by atoms with E-state index >= 15 is 0 Å². The van der Waals surface area contributed by atoms with Gasteiger partial charge in [0.05, 0.1) is 18.5 Å². The van der Waals surface area contributed by atoms with Crippen LogP contribution >= 0.6 is 11.3 Å². The molecule has 1 aliphatic heterocycles. The predicted molar refractivity (Wildman–Crippen MR) is 85.4 cm³/mol. The topological polar surface area (TPSA) is 88.6 Å². The number of anilines is 1. The second kappa shape index (κ2) is 7.38. The summed E-state index contributed by atoms with van der Waals surface area (Å²) in [5, 5.41) is 0.362. The maximum atomic E-state index is 12.1. The summed E-state index contributed by atoms with van der Waals surface area (Å²) in [5.41, 5.74) is 0.868. The Kier molecular flexibility index (Phi) is 5.76. The highest BCUT2D eigenvalue weighted by atomic mass is 32.2. The quantitative estimate of drug-likeness (QED) is 0.749. The second-order valence-corrected chi connectivity index (χ2v) is 8.07. The van der Waals surface area contributed by atoms with E-state index in [1.807, 2.05) is 0 Å². The van der Waals surface area contributed by atoms with Gasteiger partial charge in [-0.15, -0.1) is 0 Å². The molecule has 0 fully saturated rings. The van der Waals surface area contributed by atoms with Crippen molar-refractivity contribution in [1.82, 2.24) is 9.88 Å². The van der Waals surface area contributed by atoms with Gasteiger partial charge < -0.3 is 9.64 Å². The Morgan fingerprint density at radius 2 is 2.27 bits per heavy atom. The van der Waals surface area contributed by atoms with Gasteiger partial charge in [0.15, 0.2) is 5.13 Å². The summed E-state index contributed by atoms with van der Waals surface area (Å²) >= 11 is 1.28. The van der Waals surface area contributed by atoms with Gasteiger partial charge in [-0.3, -0.25) is 9.52 Å². The van der Waals surface area contributed by atoms with E-state index in [9.17, 15) is 13.2 Å². The number of aromatic nitrogens is 1. The Balaban J connectivity index is 1.92. The molecule has 1 aliphatic rings. The van der Waals surface area contributed by atoms with Gasteiger partial charge >= 0.3 is 0 Å². The number of hydrogen-bond acceptors (Lipinski definition) is 6. The Bertz CT molecular complexity index is 627. The highest BCUT2D eigenvalue weighted by Gasteiger charge is 2.24. The van der Waals surface area contributed by atoms with Gasteiger partial charge in [-0.2, -0.15) is 0 Å². The molecule has 1 aromatic heterocycles. The molecular formula is C13H21N3O4S2. The largest absolute Gasteiger partial charge is 0.372 e. The fourth-order valence-electron chi connectivity index (χ4n) is 2.11. The van der Waals surface area contributed by atoms with Gasteiger partial charge in [0.25, 0.3) is 0 Å². The molecule has 9 heteroatoms. The van der Waals surface area contributed by atoms with E-state index < -0.39 is 10.0 Å². The zero-order chi connectivity index (χ0) is 16.2. The molecule has 7 nitrogen and oxygen atoms in total. The van der Waals surface area contributed by atoms with E-state index in [1.165, 1.54) is 11.3 Å². The van der Waals surface area contributed by atoms with Crippen LogP contribution in [0.2, 0.25) is 0 Å². The summed E-state index contributed by atoms with van der Waals surface area (Å²) in [6, 6.07) is 0. The summed E-state index contributed by atoms with van der Waals surface area (Å²) in [6.45, 7) is 3.83. The van der Waals surface area contributed by atoms with Gasteiger partial charge in [-0.25, -0.2) is 13.4 Å². The lowest BCUT2D eigenvalue weighted by molar-refractivity contribution is -0.137. The van der Waals surface area contributed by atoms with Gasteiger partial charge in [0.2, 0.25) is 15.9 Å². The molecule has 1 aromatic rings. The highest BCUT2D eigenvalue weighted by Crippen LogP contribution is 2.28. The molecule has 22 heavy (non-hydrogen) atoms. The fourth-order valence-corrected chi connectivity index (χ4v) is 3.97. The monoisotopic (exact) mass is 347 g/mol. The van der Waals surface area contributed by atoms with Crippen molar-refractivity contribution in [2.45, 2.75) is 32.7 Å². The number of rotatable bonds is 7. The summed E-state index contributed by atoms with van der Waals surface area (Å²) in [5.74, 6) is -0.0345. The molecule has 124 valence electrons. The molecule has 2 heterocycles. The molecule has 0 aliphatic carbocycles. The van der Waals surface area contributed by atoms with Crippen molar-refractivity contribution in [2.24, 2.45) is 0 Å². The van der Waals surface area contributed by atoms with Crippen molar-refractivity contribution in [3.8, 4) is 0 Å². The SMILES string of the molecule is CCCCOCC(=O)N1CCc2nc(NS(C)(=O)=O)sc2C1. The van der Waals surface area contributed by atoms with E-state index in [2.05, 4.69) is 16.6 Å². The zero-order valence-corrected chi connectivity index (χ0v) is 14.4. The van der Waals surface area contributed by atoms with Crippen molar-refractivity contribution in [2.75, 3.05) is 30.7 Å². The van der Waals surface area contributed by atoms with Crippen molar-refractivity contribution in [3.63, 3.8) is 0 Å². The Hall–Kier alpha value is -1.19. The first-order chi connectivity index (χ1) is 10.4. The average Bonchev–Trinajstić information content (AvgIpc) is 2.82. The molecule has 2 rings (SSSR count). The molecule has 1 N–H and O–H groups in total. The summed E-state index contributed by atoms with van der Waals surface area (Å²) < 4.78 is 30.2. The Morgan fingerprint density at radius 1 is 1.50 bits per heavy atom. The number of nitrogens with one attached hydrogen (secondary N) is 1. The normalized spacial score (nSPS) is 14.7. The van der Waals surface area contributed by atoms with E-state index in [0.29, 0.717) is 31.2 Å². The smallest absolute Gasteiger partial charge is 0.248 e. The third kappa shape index (κ3) is 4.92. The summed E-state index contributed by atoms with van der Waals surface area (Å²) in [6.07, 6.45) is 3.72. The van der Waals surface area contributed by atoms with Crippen LogP contribution in [0.25, 0.3) is 0 Å². The van der Waals surface area contributed by atoms with E-state index in [4.69, 9.17) is 4.74 Å². The number of hydrogen-bond donors (Lipinski definition) is 1. The van der Waals surface area contributed by atoms with E-state index in [1.54, 1.807) is 4.90 Å². The van der Waals surface area contributed by atoms with Crippen LogP contribution in [0, 0.1) is 0 Å². The van der Waals surface area contributed by atoms with Gasteiger partial charge in [-0.1, -0.05) is 24.7 Å². The van der Waals surface area contributed by atoms with Crippen molar-refractivity contribution in [3.05, 3.63) is 10.6 Å². The molecule has 0 saturated carbocycles. The van der Waals surface area contributed by atoms with E-state index in [0.717, 1.165) is 29.7 Å². The number of carbonyl (C=O) groups is 1. The standard InChI is InChI=1S/C13H21N3O4S2/c1-3-4-7-20-9-12(17)16-6-5-10-11(8-16)21-13(14-10)15-22(2,18)19/h3-9H2,1-2H3,(H,14,15). The average molecular weight is 347 g/mol. The summed E-state index contributed by atoms with van der Waals surface area (Å²) in [4.78, 5) is 19.0. The highest BCUT2D eigenvalue weighted by molar-refractivity contribution is 7.92. The lowest BCUT2D eigenvalue weighted by atomic mass is 10.2. The molecule has 0 atom stereocenters. The minimum atomic E-state index is -3.33. The van der Waals surface area contributed by atoms with Crippen LogP contribution in [0.1, 0.15) is 30.3 Å². The van der Waals surface area contributed by atoms with Crippen LogP contribution < -0.4 is 4.72 Å². The van der Waals surface area contributed by atoms with Gasteiger partial charge in [0, 0.05) is 24.4 Å². The van der Waals surface area contributed by atoms with Crippen LogP contribution in [-0.2, 0) is 32.5 Å². The van der Waals surface area contributed by atoms with Crippen LogP contribution in [0.15, 0.2) is 0 Å². The molecule has 1 amide bonds. The first-order valence-electron chi connectivity index (χ1n) is 7.21. The van der Waals surface area contributed by atoms with E-state index in [-0.39, 0.29) is 12.5 Å². The van der Waals surface area contributed by atoms with Crippen LogP contribution in [0.3, 0.4) is 0 Å². The number of nitrogens with zero attached hydrogens (tertiary/aromatic N) is 2. The maximum absolute atomic E-state index is 12.1. The predicted octanol–water partition coefficient (Wildman–Crippen LogP) is 1.22. The molecule has 0 radical (unpaired) electrons. The van der Waals surface area contributed by atoms with Crippen LogP contribution in [-0.4, -0.2) is 50.2 Å². The summed E-state index contributed by atoms with van der Waals surface area (Å²) in [7, 11) is -3.33. The molecule has 0 bridgehead atoms. The second-order valence-electron chi connectivity index (χ2n) is 5.23. The van der Waals surface area contributed by atoms with Crippen molar-refractivity contribution < 1.29 is 17.9 Å². The number of amides is 1. The number of unbranched alkanes of at least 4 members (excludes halogenated alkanes) is 1. The molecule has 0 aromatic carbocycles. The lowest BCUT2D eigenvalue weighted by Gasteiger charge is -2.26. The molecule has 0 saturated heterocycles. The Morgan fingerprint density at radius 3 is 2.95 bits per heavy atom.